The van der Waals surface area contributed by atoms with Crippen molar-refractivity contribution in [1.29, 1.82) is 0 Å². The molecule has 4 nitrogen and oxygen atoms in total. The highest BCUT2D eigenvalue weighted by Crippen LogP contribution is 2.35. The van der Waals surface area contributed by atoms with Crippen molar-refractivity contribution in [2.45, 2.75) is 12.8 Å². The van der Waals surface area contributed by atoms with E-state index in [1.165, 1.54) is 16.5 Å². The summed E-state index contributed by atoms with van der Waals surface area (Å²) in [4.78, 5) is 9.05. The number of guanidine groups is 1. The van der Waals surface area contributed by atoms with Gasteiger partial charge >= 0.3 is 0 Å². The average molecular weight is 288 g/mol. The quantitative estimate of drug-likeness (QED) is 0.637. The number of nitrogens with two attached hydrogens (primary N) is 1. The van der Waals surface area contributed by atoms with Crippen LogP contribution in [0.3, 0.4) is 0 Å². The summed E-state index contributed by atoms with van der Waals surface area (Å²) in [6.07, 6.45) is 2.25. The van der Waals surface area contributed by atoms with Gasteiger partial charge in [-0.25, -0.2) is 4.99 Å². The summed E-state index contributed by atoms with van der Waals surface area (Å²) in [5.41, 5.74) is 8.48. The minimum atomic E-state index is 0.608. The van der Waals surface area contributed by atoms with Crippen LogP contribution in [0.15, 0.2) is 46.1 Å². The number of allylic oxidation sites excluding steroid dienone is 1. The SMILES string of the molecule is CN1CCS/C1=C1/CCCN1C(N)=Nc1ccccc1. The first-order valence-electron chi connectivity index (χ1n) is 6.99. The maximum absolute atomic E-state index is 6.23. The molecule has 5 heteroatoms. The molecule has 1 aromatic carbocycles. The Morgan fingerprint density at radius 1 is 1.25 bits per heavy atom. The smallest absolute Gasteiger partial charge is 0.200 e. The first-order valence-corrected chi connectivity index (χ1v) is 7.98. The van der Waals surface area contributed by atoms with Crippen molar-refractivity contribution >= 4 is 23.4 Å². The Hall–Kier alpha value is -1.62. The predicted octanol–water partition coefficient (Wildman–Crippen LogP) is 2.58. The van der Waals surface area contributed by atoms with Crippen molar-refractivity contribution in [1.82, 2.24) is 9.80 Å². The Kier molecular flexibility index (Phi) is 3.87. The van der Waals surface area contributed by atoms with E-state index in [1.54, 1.807) is 0 Å². The third kappa shape index (κ3) is 2.63. The van der Waals surface area contributed by atoms with E-state index in [0.29, 0.717) is 5.96 Å². The van der Waals surface area contributed by atoms with Gasteiger partial charge in [-0.05, 0) is 25.0 Å². The van der Waals surface area contributed by atoms with E-state index in [1.807, 2.05) is 42.1 Å². The highest BCUT2D eigenvalue weighted by atomic mass is 32.2. The molecule has 0 aliphatic carbocycles. The lowest BCUT2D eigenvalue weighted by atomic mass is 10.3. The second-order valence-electron chi connectivity index (χ2n) is 5.08. The molecule has 2 aliphatic rings. The molecule has 0 atom stereocenters. The van der Waals surface area contributed by atoms with Crippen molar-refractivity contribution < 1.29 is 0 Å². The number of likely N-dealkylation sites (tertiary alicyclic amines) is 1. The third-order valence-electron chi connectivity index (χ3n) is 3.66. The highest BCUT2D eigenvalue weighted by molar-refractivity contribution is 8.03. The third-order valence-corrected chi connectivity index (χ3v) is 4.86. The van der Waals surface area contributed by atoms with Crippen molar-refractivity contribution in [3.8, 4) is 0 Å². The van der Waals surface area contributed by atoms with E-state index in [9.17, 15) is 0 Å². The van der Waals surface area contributed by atoms with Crippen LogP contribution in [0.25, 0.3) is 0 Å². The van der Waals surface area contributed by atoms with Crippen LogP contribution in [0.4, 0.5) is 5.69 Å². The molecule has 0 unspecified atom stereocenters. The molecule has 2 aliphatic heterocycles. The second-order valence-corrected chi connectivity index (χ2v) is 6.17. The van der Waals surface area contributed by atoms with E-state index in [2.05, 4.69) is 21.8 Å². The van der Waals surface area contributed by atoms with Crippen LogP contribution in [0.5, 0.6) is 0 Å². The Labute approximate surface area is 124 Å². The number of nitrogens with zero attached hydrogens (tertiary/aromatic N) is 3. The van der Waals surface area contributed by atoms with Crippen molar-refractivity contribution in [2.75, 3.05) is 25.9 Å². The van der Waals surface area contributed by atoms with Gasteiger partial charge in [0.15, 0.2) is 0 Å². The number of thioether (sulfide) groups is 1. The molecule has 106 valence electrons. The van der Waals surface area contributed by atoms with Gasteiger partial charge in [0.05, 0.1) is 16.4 Å². The van der Waals surface area contributed by atoms with Gasteiger partial charge in [0.1, 0.15) is 0 Å². The molecule has 0 saturated carbocycles. The normalized spacial score (nSPS) is 23.8. The summed E-state index contributed by atoms with van der Waals surface area (Å²) in [6, 6.07) is 9.91. The maximum atomic E-state index is 6.23. The number of para-hydroxylation sites is 1. The van der Waals surface area contributed by atoms with Crippen LogP contribution in [0, 0.1) is 0 Å². The number of hydrogen-bond acceptors (Lipinski definition) is 3. The van der Waals surface area contributed by atoms with Crippen LogP contribution < -0.4 is 5.73 Å². The van der Waals surface area contributed by atoms with Crippen molar-refractivity contribution in [3.05, 3.63) is 41.1 Å². The summed E-state index contributed by atoms with van der Waals surface area (Å²) in [5.74, 6) is 1.77. The minimum Gasteiger partial charge on any atom is -0.369 e. The Balaban J connectivity index is 1.87. The van der Waals surface area contributed by atoms with Gasteiger partial charge in [-0.15, -0.1) is 11.8 Å². The summed E-state index contributed by atoms with van der Waals surface area (Å²) in [5, 5.41) is 1.37. The summed E-state index contributed by atoms with van der Waals surface area (Å²) in [6.45, 7) is 2.09. The van der Waals surface area contributed by atoms with Gasteiger partial charge in [0.25, 0.3) is 0 Å². The summed E-state index contributed by atoms with van der Waals surface area (Å²) < 4.78 is 0. The van der Waals surface area contributed by atoms with E-state index in [0.717, 1.165) is 31.6 Å². The maximum Gasteiger partial charge on any atom is 0.200 e. The Bertz CT molecular complexity index is 538. The molecule has 0 bridgehead atoms. The molecular formula is C15H20N4S. The topological polar surface area (TPSA) is 44.9 Å². The van der Waals surface area contributed by atoms with Gasteiger partial charge in [0.2, 0.25) is 5.96 Å². The number of aliphatic imine (C=N–C) groups is 1. The molecule has 0 radical (unpaired) electrons. The fourth-order valence-corrected chi connectivity index (χ4v) is 3.89. The zero-order chi connectivity index (χ0) is 13.9. The van der Waals surface area contributed by atoms with E-state index in [4.69, 9.17) is 5.73 Å². The number of benzene rings is 1. The highest BCUT2D eigenvalue weighted by Gasteiger charge is 2.27. The van der Waals surface area contributed by atoms with Gasteiger partial charge in [-0.3, -0.25) is 0 Å². The van der Waals surface area contributed by atoms with Crippen molar-refractivity contribution in [2.24, 2.45) is 10.7 Å². The molecule has 0 aromatic heterocycles. The van der Waals surface area contributed by atoms with Crippen LogP contribution in [0.1, 0.15) is 12.8 Å². The largest absolute Gasteiger partial charge is 0.369 e. The molecular weight excluding hydrogens is 268 g/mol. The van der Waals surface area contributed by atoms with Gasteiger partial charge < -0.3 is 15.5 Å². The Morgan fingerprint density at radius 2 is 2.05 bits per heavy atom. The van der Waals surface area contributed by atoms with Crippen LogP contribution in [0.2, 0.25) is 0 Å². The van der Waals surface area contributed by atoms with Gasteiger partial charge in [-0.2, -0.15) is 0 Å². The lowest BCUT2D eigenvalue weighted by molar-refractivity contribution is 0.467. The fraction of sp³-hybridized carbons (Fsp3) is 0.400. The van der Waals surface area contributed by atoms with Gasteiger partial charge in [-0.1, -0.05) is 18.2 Å². The molecule has 20 heavy (non-hydrogen) atoms. The first-order chi connectivity index (χ1) is 9.75. The molecule has 3 rings (SSSR count). The van der Waals surface area contributed by atoms with E-state index >= 15 is 0 Å². The molecule has 2 heterocycles. The van der Waals surface area contributed by atoms with E-state index in [-0.39, 0.29) is 0 Å². The van der Waals surface area contributed by atoms with Gasteiger partial charge in [0, 0.05) is 25.9 Å². The predicted molar refractivity (Wildman–Crippen MR) is 85.8 cm³/mol. The van der Waals surface area contributed by atoms with Crippen LogP contribution in [-0.2, 0) is 0 Å². The lowest BCUT2D eigenvalue weighted by Crippen LogP contribution is -2.34. The molecule has 2 N–H and O–H groups in total. The molecule has 2 fully saturated rings. The fourth-order valence-electron chi connectivity index (χ4n) is 2.64. The first kappa shape index (κ1) is 13.4. The van der Waals surface area contributed by atoms with E-state index < -0.39 is 0 Å². The zero-order valence-electron chi connectivity index (χ0n) is 11.7. The average Bonchev–Trinajstić information content (AvgIpc) is 3.07. The van der Waals surface area contributed by atoms with Crippen molar-refractivity contribution in [3.63, 3.8) is 0 Å². The van der Waals surface area contributed by atoms with Crippen LogP contribution in [-0.4, -0.2) is 41.6 Å². The molecule has 2 saturated heterocycles. The Morgan fingerprint density at radius 3 is 2.75 bits per heavy atom. The molecule has 0 spiro atoms. The minimum absolute atomic E-state index is 0.608. The second kappa shape index (κ2) is 5.79. The monoisotopic (exact) mass is 288 g/mol. The van der Waals surface area contributed by atoms with Crippen LogP contribution >= 0.6 is 11.8 Å². The lowest BCUT2D eigenvalue weighted by Gasteiger charge is -2.23. The summed E-state index contributed by atoms with van der Waals surface area (Å²) >= 11 is 1.93. The molecule has 0 amide bonds. The zero-order valence-corrected chi connectivity index (χ0v) is 12.6. The standard InChI is InChI=1S/C15H20N4S/c1-18-10-11-20-14(18)13-8-5-9-19(13)15(16)17-12-6-3-2-4-7-12/h2-4,6-7H,5,8-11H2,1H3,(H2,16,17)/b14-13-. The number of rotatable bonds is 1. The molecule has 1 aromatic rings. The number of hydrogen-bond donors (Lipinski definition) is 1. The summed E-state index contributed by atoms with van der Waals surface area (Å²) in [7, 11) is 2.16.